The summed E-state index contributed by atoms with van der Waals surface area (Å²) in [5.74, 6) is -0.547. The van der Waals surface area contributed by atoms with Crippen molar-refractivity contribution in [3.05, 3.63) is 82.3 Å². The highest BCUT2D eigenvalue weighted by molar-refractivity contribution is 7.98. The quantitative estimate of drug-likeness (QED) is 0.417. The molecule has 0 atom stereocenters. The molecule has 0 aliphatic heterocycles. The van der Waals surface area contributed by atoms with E-state index in [-0.39, 0.29) is 14.9 Å². The van der Waals surface area contributed by atoms with Crippen molar-refractivity contribution in [3.8, 4) is 0 Å². The fourth-order valence-electron chi connectivity index (χ4n) is 2.82. The number of benzene rings is 3. The maximum Gasteiger partial charge on any atom is 0.264 e. The molecule has 3 rings (SSSR count). The molecule has 5 nitrogen and oxygen atoms in total. The number of anilines is 2. The van der Waals surface area contributed by atoms with Crippen LogP contribution < -0.4 is 9.62 Å². The Morgan fingerprint density at radius 3 is 2.26 bits per heavy atom. The molecule has 3 aromatic rings. The van der Waals surface area contributed by atoms with Gasteiger partial charge >= 0.3 is 0 Å². The molecule has 0 bridgehead atoms. The number of carbonyl (C=O) groups is 1. The summed E-state index contributed by atoms with van der Waals surface area (Å²) < 4.78 is 27.9. The summed E-state index contributed by atoms with van der Waals surface area (Å²) in [4.78, 5) is 13.8. The van der Waals surface area contributed by atoms with Gasteiger partial charge in [-0.1, -0.05) is 47.0 Å². The maximum absolute atomic E-state index is 13.4. The number of halogens is 2. The van der Waals surface area contributed by atoms with Gasteiger partial charge in [-0.05, 0) is 61.7 Å². The van der Waals surface area contributed by atoms with Crippen LogP contribution in [0.3, 0.4) is 0 Å². The Hall–Kier alpha value is -2.19. The Kier molecular flexibility index (Phi) is 7.54. The van der Waals surface area contributed by atoms with Crippen LogP contribution in [0.25, 0.3) is 0 Å². The molecule has 0 heterocycles. The third kappa shape index (κ3) is 5.54. The molecule has 1 amide bonds. The van der Waals surface area contributed by atoms with Gasteiger partial charge in [-0.15, -0.1) is 11.8 Å². The number of sulfonamides is 1. The number of thioether (sulfide) groups is 1. The van der Waals surface area contributed by atoms with Crippen LogP contribution in [0.1, 0.15) is 5.56 Å². The molecule has 3 aromatic carbocycles. The molecule has 0 spiro atoms. The van der Waals surface area contributed by atoms with E-state index in [1.807, 2.05) is 13.2 Å². The number of hydrogen-bond donors (Lipinski definition) is 1. The van der Waals surface area contributed by atoms with E-state index in [4.69, 9.17) is 23.2 Å². The van der Waals surface area contributed by atoms with Gasteiger partial charge < -0.3 is 5.32 Å². The van der Waals surface area contributed by atoms with Crippen molar-refractivity contribution < 1.29 is 13.2 Å². The zero-order valence-electron chi connectivity index (χ0n) is 16.8. The first-order valence-electron chi connectivity index (χ1n) is 9.19. The summed E-state index contributed by atoms with van der Waals surface area (Å²) in [5, 5.41) is 3.12. The molecule has 0 aromatic heterocycles. The van der Waals surface area contributed by atoms with E-state index < -0.39 is 22.5 Å². The van der Waals surface area contributed by atoms with E-state index in [2.05, 4.69) is 5.32 Å². The predicted molar refractivity (Wildman–Crippen MR) is 129 cm³/mol. The average molecular weight is 495 g/mol. The molecule has 1 N–H and O–H groups in total. The van der Waals surface area contributed by atoms with Crippen LogP contribution in [0.2, 0.25) is 10.0 Å². The Balaban J connectivity index is 1.95. The summed E-state index contributed by atoms with van der Waals surface area (Å²) in [7, 11) is -3.99. The lowest BCUT2D eigenvalue weighted by Gasteiger charge is -2.24. The van der Waals surface area contributed by atoms with Crippen molar-refractivity contribution in [2.75, 3.05) is 22.4 Å². The predicted octanol–water partition coefficient (Wildman–Crippen LogP) is 5.86. The lowest BCUT2D eigenvalue weighted by molar-refractivity contribution is -0.114. The second kappa shape index (κ2) is 9.96. The minimum atomic E-state index is -3.99. The second-order valence-corrected chi connectivity index (χ2v) is 10.2. The molecule has 0 radical (unpaired) electrons. The third-order valence-electron chi connectivity index (χ3n) is 4.48. The molecule has 0 saturated carbocycles. The highest BCUT2D eigenvalue weighted by Gasteiger charge is 2.27. The van der Waals surface area contributed by atoms with Crippen molar-refractivity contribution in [2.45, 2.75) is 16.7 Å². The number of rotatable bonds is 7. The summed E-state index contributed by atoms with van der Waals surface area (Å²) in [6, 6.07) is 18.3. The highest BCUT2D eigenvalue weighted by atomic mass is 35.5. The fraction of sp³-hybridized carbons (Fsp3) is 0.136. The monoisotopic (exact) mass is 494 g/mol. The van der Waals surface area contributed by atoms with Gasteiger partial charge in [-0.3, -0.25) is 9.10 Å². The summed E-state index contributed by atoms with van der Waals surface area (Å²) in [6.45, 7) is 1.47. The van der Waals surface area contributed by atoms with Gasteiger partial charge in [0.1, 0.15) is 6.54 Å². The molecular weight excluding hydrogens is 475 g/mol. The molecule has 9 heteroatoms. The van der Waals surface area contributed by atoms with E-state index >= 15 is 0 Å². The summed E-state index contributed by atoms with van der Waals surface area (Å²) in [5.41, 5.74) is 1.66. The molecule has 0 aliphatic carbocycles. The van der Waals surface area contributed by atoms with Crippen molar-refractivity contribution in [1.29, 1.82) is 0 Å². The molecular formula is C22H20Cl2N2O3S2. The van der Waals surface area contributed by atoms with Crippen LogP contribution in [0.5, 0.6) is 0 Å². The van der Waals surface area contributed by atoms with Crippen LogP contribution in [-0.4, -0.2) is 27.1 Å². The topological polar surface area (TPSA) is 66.5 Å². The molecule has 31 heavy (non-hydrogen) atoms. The van der Waals surface area contributed by atoms with E-state index in [1.54, 1.807) is 54.6 Å². The number of hydrogen-bond acceptors (Lipinski definition) is 4. The first kappa shape index (κ1) is 23.5. The molecule has 0 aliphatic rings. The van der Waals surface area contributed by atoms with E-state index in [0.29, 0.717) is 11.4 Å². The summed E-state index contributed by atoms with van der Waals surface area (Å²) >= 11 is 13.7. The van der Waals surface area contributed by atoms with Gasteiger partial charge in [0.2, 0.25) is 5.91 Å². The number of aryl methyl sites for hydroxylation is 1. The second-order valence-electron chi connectivity index (χ2n) is 6.67. The van der Waals surface area contributed by atoms with Crippen molar-refractivity contribution in [3.63, 3.8) is 0 Å². The number of nitrogens with one attached hydrogen (secondary N) is 1. The van der Waals surface area contributed by atoms with Crippen molar-refractivity contribution in [2.24, 2.45) is 0 Å². The van der Waals surface area contributed by atoms with Gasteiger partial charge in [0, 0.05) is 4.90 Å². The van der Waals surface area contributed by atoms with Crippen molar-refractivity contribution >= 4 is 62.3 Å². The minimum Gasteiger partial charge on any atom is -0.323 e. The van der Waals surface area contributed by atoms with Crippen LogP contribution >= 0.6 is 35.0 Å². The van der Waals surface area contributed by atoms with Gasteiger partial charge in [0.15, 0.2) is 0 Å². The normalized spacial score (nSPS) is 11.2. The average Bonchev–Trinajstić information content (AvgIpc) is 2.76. The van der Waals surface area contributed by atoms with Gasteiger partial charge in [-0.2, -0.15) is 0 Å². The molecule has 162 valence electrons. The van der Waals surface area contributed by atoms with E-state index in [0.717, 1.165) is 14.8 Å². The summed E-state index contributed by atoms with van der Waals surface area (Å²) in [6.07, 6.45) is 1.91. The van der Waals surface area contributed by atoms with Gasteiger partial charge in [0.05, 0.1) is 26.3 Å². The first-order valence-corrected chi connectivity index (χ1v) is 12.6. The van der Waals surface area contributed by atoms with E-state index in [9.17, 15) is 13.2 Å². The van der Waals surface area contributed by atoms with Crippen molar-refractivity contribution in [1.82, 2.24) is 0 Å². The first-order chi connectivity index (χ1) is 14.7. The maximum atomic E-state index is 13.4. The molecule has 0 unspecified atom stereocenters. The highest BCUT2D eigenvalue weighted by Crippen LogP contribution is 2.30. The Bertz CT molecular complexity index is 1180. The largest absolute Gasteiger partial charge is 0.323 e. The van der Waals surface area contributed by atoms with Crippen LogP contribution in [0.15, 0.2) is 76.5 Å². The lowest BCUT2D eigenvalue weighted by Crippen LogP contribution is -2.38. The van der Waals surface area contributed by atoms with E-state index in [1.165, 1.54) is 23.9 Å². The number of nitrogens with zero attached hydrogens (tertiary/aromatic N) is 1. The fourth-order valence-corrected chi connectivity index (χ4v) is 5.00. The zero-order valence-corrected chi connectivity index (χ0v) is 19.9. The smallest absolute Gasteiger partial charge is 0.264 e. The number of carbonyl (C=O) groups excluding carboxylic acids is 1. The Labute approximate surface area is 196 Å². The molecule has 0 fully saturated rings. The van der Waals surface area contributed by atoms with Gasteiger partial charge in [-0.25, -0.2) is 8.42 Å². The third-order valence-corrected chi connectivity index (χ3v) is 7.83. The minimum absolute atomic E-state index is 0.0967. The standard InChI is InChI=1S/C22H20Cl2N2O3S2/c1-15-6-8-16(9-7-15)26(31(28,29)18-12-10-17(30-2)11-13-18)14-21(27)25-20-5-3-4-19(23)22(20)24/h3-13H,14H2,1-2H3,(H,25,27). The molecule has 0 saturated heterocycles. The van der Waals surface area contributed by atoms with Gasteiger partial charge in [0.25, 0.3) is 10.0 Å². The Morgan fingerprint density at radius 2 is 1.65 bits per heavy atom. The van der Waals surface area contributed by atoms with Crippen LogP contribution in [0.4, 0.5) is 11.4 Å². The zero-order chi connectivity index (χ0) is 22.6. The Morgan fingerprint density at radius 1 is 1.00 bits per heavy atom. The SMILES string of the molecule is CSc1ccc(S(=O)(=O)N(CC(=O)Nc2cccc(Cl)c2Cl)c2ccc(C)cc2)cc1. The van der Waals surface area contributed by atoms with Crippen LogP contribution in [0, 0.1) is 6.92 Å². The number of amides is 1. The van der Waals surface area contributed by atoms with Crippen LogP contribution in [-0.2, 0) is 14.8 Å². The lowest BCUT2D eigenvalue weighted by atomic mass is 10.2.